The molecular formula is C10H15Cl2NO2S. The predicted octanol–water partition coefficient (Wildman–Crippen LogP) is 2.36. The molecule has 0 spiro atoms. The molecule has 0 radical (unpaired) electrons. The van der Waals surface area contributed by atoms with E-state index >= 15 is 0 Å². The Hall–Kier alpha value is -0.0300. The zero-order valence-electron chi connectivity index (χ0n) is 9.37. The minimum Gasteiger partial charge on any atom is -0.228 e. The number of hydrogen-bond acceptors (Lipinski definition) is 2. The van der Waals surface area contributed by atoms with Crippen molar-refractivity contribution in [2.45, 2.75) is 30.9 Å². The Bertz CT molecular complexity index is 448. The van der Waals surface area contributed by atoms with Crippen molar-refractivity contribution in [3.8, 4) is 0 Å². The monoisotopic (exact) mass is 283 g/mol. The first-order valence-corrected chi connectivity index (χ1v) is 7.13. The highest BCUT2D eigenvalue weighted by Crippen LogP contribution is 2.50. The fourth-order valence-electron chi connectivity index (χ4n) is 1.75. The van der Waals surface area contributed by atoms with Crippen LogP contribution in [0.2, 0.25) is 0 Å². The van der Waals surface area contributed by atoms with Crippen LogP contribution in [0.1, 0.15) is 20.8 Å². The molecule has 0 aromatic carbocycles. The van der Waals surface area contributed by atoms with Crippen molar-refractivity contribution >= 4 is 33.2 Å². The third-order valence-electron chi connectivity index (χ3n) is 2.71. The average Bonchev–Trinajstić information content (AvgIpc) is 2.05. The van der Waals surface area contributed by atoms with Crippen LogP contribution in [0.15, 0.2) is 23.3 Å². The maximum atomic E-state index is 11.6. The first-order chi connectivity index (χ1) is 7.01. The van der Waals surface area contributed by atoms with Crippen LogP contribution in [0.4, 0.5) is 0 Å². The maximum absolute atomic E-state index is 11.6. The van der Waals surface area contributed by atoms with Crippen molar-refractivity contribution in [1.82, 2.24) is 0 Å². The van der Waals surface area contributed by atoms with Gasteiger partial charge in [-0.3, -0.25) is 0 Å². The normalized spacial score (nSPS) is 31.4. The van der Waals surface area contributed by atoms with Gasteiger partial charge in [-0.1, -0.05) is 44.5 Å². The first kappa shape index (κ1) is 14.0. The SMILES string of the molecule is CC(C)(C)C1(Cl)C(Cl)=CC=CC1S(N)(=O)=O. The number of halogens is 2. The molecule has 1 aliphatic rings. The second-order valence-electron chi connectivity index (χ2n) is 4.87. The van der Waals surface area contributed by atoms with Crippen LogP contribution in [0.3, 0.4) is 0 Å². The molecular weight excluding hydrogens is 269 g/mol. The third kappa shape index (κ3) is 2.16. The van der Waals surface area contributed by atoms with Gasteiger partial charge in [0, 0.05) is 5.03 Å². The summed E-state index contributed by atoms with van der Waals surface area (Å²) >= 11 is 12.5. The van der Waals surface area contributed by atoms with Gasteiger partial charge in [-0.25, -0.2) is 13.6 Å². The zero-order chi connectivity index (χ0) is 12.8. The Balaban J connectivity index is 3.43. The van der Waals surface area contributed by atoms with Crippen molar-refractivity contribution in [2.75, 3.05) is 0 Å². The summed E-state index contributed by atoms with van der Waals surface area (Å²) in [6, 6.07) is 0. The molecule has 6 heteroatoms. The first-order valence-electron chi connectivity index (χ1n) is 4.76. The number of primary sulfonamides is 1. The van der Waals surface area contributed by atoms with Gasteiger partial charge < -0.3 is 0 Å². The second-order valence-corrected chi connectivity index (χ2v) is 7.56. The van der Waals surface area contributed by atoms with Crippen LogP contribution in [0, 0.1) is 5.41 Å². The second kappa shape index (κ2) is 4.02. The van der Waals surface area contributed by atoms with Crippen LogP contribution in [-0.4, -0.2) is 18.5 Å². The van der Waals surface area contributed by atoms with E-state index in [4.69, 9.17) is 28.3 Å². The van der Waals surface area contributed by atoms with Crippen molar-refractivity contribution in [1.29, 1.82) is 0 Å². The molecule has 1 rings (SSSR count). The molecule has 16 heavy (non-hydrogen) atoms. The molecule has 2 N–H and O–H groups in total. The van der Waals surface area contributed by atoms with E-state index in [1.165, 1.54) is 6.08 Å². The zero-order valence-corrected chi connectivity index (χ0v) is 11.7. The average molecular weight is 284 g/mol. The fourth-order valence-corrected chi connectivity index (χ4v) is 4.04. The fraction of sp³-hybridized carbons (Fsp3) is 0.600. The highest BCUT2D eigenvalue weighted by molar-refractivity contribution is 7.90. The molecule has 0 aliphatic heterocycles. The van der Waals surface area contributed by atoms with Gasteiger partial charge in [-0.2, -0.15) is 0 Å². The molecule has 2 atom stereocenters. The highest BCUT2D eigenvalue weighted by Gasteiger charge is 2.53. The summed E-state index contributed by atoms with van der Waals surface area (Å²) in [5.74, 6) is 0. The van der Waals surface area contributed by atoms with Crippen molar-refractivity contribution in [3.63, 3.8) is 0 Å². The van der Waals surface area contributed by atoms with E-state index in [1.807, 2.05) is 20.8 Å². The summed E-state index contributed by atoms with van der Waals surface area (Å²) in [5, 5.41) is 4.48. The van der Waals surface area contributed by atoms with Crippen molar-refractivity contribution < 1.29 is 8.42 Å². The van der Waals surface area contributed by atoms with E-state index in [0.29, 0.717) is 5.03 Å². The Morgan fingerprint density at radius 2 is 1.94 bits per heavy atom. The number of allylic oxidation sites excluding steroid dienone is 3. The molecule has 0 amide bonds. The summed E-state index contributed by atoms with van der Waals surface area (Å²) < 4.78 is 23.1. The topological polar surface area (TPSA) is 60.2 Å². The molecule has 0 bridgehead atoms. The summed E-state index contributed by atoms with van der Waals surface area (Å²) in [4.78, 5) is -1.23. The van der Waals surface area contributed by atoms with Crippen molar-refractivity contribution in [2.24, 2.45) is 10.6 Å². The molecule has 0 aromatic rings. The lowest BCUT2D eigenvalue weighted by atomic mass is 9.76. The van der Waals surface area contributed by atoms with E-state index in [1.54, 1.807) is 12.2 Å². The van der Waals surface area contributed by atoms with Gasteiger partial charge in [0.05, 0.1) is 0 Å². The van der Waals surface area contributed by atoms with E-state index in [9.17, 15) is 8.42 Å². The molecule has 0 aromatic heterocycles. The standard InChI is InChI=1S/C10H15Cl2NO2S/c1-9(2,3)10(12)7(11)5-4-6-8(10)16(13,14)15/h4-6,8H,1-3H3,(H2,13,14,15). The van der Waals surface area contributed by atoms with Crippen LogP contribution < -0.4 is 5.14 Å². The lowest BCUT2D eigenvalue weighted by Gasteiger charge is -2.44. The molecule has 0 fully saturated rings. The Labute approximate surface area is 106 Å². The number of sulfonamides is 1. The summed E-state index contributed by atoms with van der Waals surface area (Å²) in [6.45, 7) is 5.48. The number of alkyl halides is 1. The largest absolute Gasteiger partial charge is 0.228 e. The van der Waals surface area contributed by atoms with Gasteiger partial charge in [-0.15, -0.1) is 11.6 Å². The van der Waals surface area contributed by atoms with Gasteiger partial charge in [0.2, 0.25) is 10.0 Å². The van der Waals surface area contributed by atoms with E-state index in [-0.39, 0.29) is 0 Å². The molecule has 1 aliphatic carbocycles. The molecule has 0 heterocycles. The minimum atomic E-state index is -3.79. The number of rotatable bonds is 1. The summed E-state index contributed by atoms with van der Waals surface area (Å²) in [6.07, 6.45) is 4.63. The summed E-state index contributed by atoms with van der Waals surface area (Å²) in [5.41, 5.74) is -0.538. The van der Waals surface area contributed by atoms with Crippen LogP contribution in [0.25, 0.3) is 0 Å². The van der Waals surface area contributed by atoms with Gasteiger partial charge in [0.15, 0.2) is 0 Å². The maximum Gasteiger partial charge on any atom is 0.217 e. The van der Waals surface area contributed by atoms with Crippen LogP contribution in [-0.2, 0) is 10.0 Å². The van der Waals surface area contributed by atoms with Gasteiger partial charge in [0.25, 0.3) is 0 Å². The lowest BCUT2D eigenvalue weighted by molar-refractivity contribution is 0.316. The van der Waals surface area contributed by atoms with Crippen LogP contribution >= 0.6 is 23.2 Å². The molecule has 0 saturated carbocycles. The Morgan fingerprint density at radius 3 is 2.25 bits per heavy atom. The Kier molecular flexibility index (Phi) is 3.52. The molecule has 3 nitrogen and oxygen atoms in total. The van der Waals surface area contributed by atoms with Gasteiger partial charge in [-0.05, 0) is 11.5 Å². The van der Waals surface area contributed by atoms with Crippen molar-refractivity contribution in [3.05, 3.63) is 23.3 Å². The number of hydrogen-bond donors (Lipinski definition) is 1. The van der Waals surface area contributed by atoms with Crippen LogP contribution in [0.5, 0.6) is 0 Å². The predicted molar refractivity (Wildman–Crippen MR) is 68.0 cm³/mol. The van der Waals surface area contributed by atoms with E-state index < -0.39 is 25.6 Å². The Morgan fingerprint density at radius 1 is 1.44 bits per heavy atom. The van der Waals surface area contributed by atoms with Gasteiger partial charge >= 0.3 is 0 Å². The molecule has 92 valence electrons. The smallest absolute Gasteiger partial charge is 0.217 e. The van der Waals surface area contributed by atoms with E-state index in [0.717, 1.165) is 0 Å². The molecule has 2 unspecified atom stereocenters. The summed E-state index contributed by atoms with van der Waals surface area (Å²) in [7, 11) is -3.79. The third-order valence-corrected chi connectivity index (χ3v) is 5.59. The lowest BCUT2D eigenvalue weighted by Crippen LogP contribution is -2.53. The van der Waals surface area contributed by atoms with E-state index in [2.05, 4.69) is 0 Å². The highest BCUT2D eigenvalue weighted by atomic mass is 35.5. The number of nitrogens with two attached hydrogens (primary N) is 1. The molecule has 0 saturated heterocycles. The quantitative estimate of drug-likeness (QED) is 0.751. The van der Waals surface area contributed by atoms with Gasteiger partial charge in [0.1, 0.15) is 10.1 Å². The minimum absolute atomic E-state index is 0.295.